The average Bonchev–Trinajstić information content (AvgIpc) is 2.88. The van der Waals surface area contributed by atoms with E-state index in [2.05, 4.69) is 0 Å². The monoisotopic (exact) mass is 318 g/mol. The number of hydrogen-bond acceptors (Lipinski definition) is 3. The minimum atomic E-state index is -1.06. The lowest BCUT2D eigenvalue weighted by molar-refractivity contribution is -0.151. The number of likely N-dealkylation sites (N-methyl/N-ethyl adjacent to an activating group) is 1. The number of amides is 2. The molecule has 2 unspecified atom stereocenters. The van der Waals surface area contributed by atoms with Gasteiger partial charge in [-0.05, 0) is 25.8 Å². The van der Waals surface area contributed by atoms with Gasteiger partial charge in [0.25, 0.3) is 0 Å². The standard InChI is InChI=1S/C17H22N2O4/c1-11-4-6-13(7-5-11)10-19-14(8-9-15(19)20)16(21)18(3)12(2)17(22)23/h4-7,12,14H,8-10H2,1-3H3,(H,22,23). The fraction of sp³-hybridized carbons (Fsp3) is 0.471. The second-order valence-corrected chi connectivity index (χ2v) is 6.03. The van der Waals surface area contributed by atoms with E-state index in [9.17, 15) is 14.4 Å². The molecule has 0 aliphatic carbocycles. The van der Waals surface area contributed by atoms with Gasteiger partial charge in [0.2, 0.25) is 11.8 Å². The number of carbonyl (C=O) groups is 3. The van der Waals surface area contributed by atoms with Crippen LogP contribution in [0.4, 0.5) is 0 Å². The second-order valence-electron chi connectivity index (χ2n) is 6.03. The van der Waals surface area contributed by atoms with Crippen LogP contribution in [0, 0.1) is 6.92 Å². The molecule has 0 bridgehead atoms. The quantitative estimate of drug-likeness (QED) is 0.890. The van der Waals surface area contributed by atoms with Gasteiger partial charge in [-0.15, -0.1) is 0 Å². The van der Waals surface area contributed by atoms with Crippen LogP contribution in [0.25, 0.3) is 0 Å². The Bertz CT molecular complexity index is 612. The first-order valence-corrected chi connectivity index (χ1v) is 7.65. The molecular formula is C17H22N2O4. The maximum atomic E-state index is 12.6. The Kier molecular flexibility index (Phi) is 5.03. The Labute approximate surface area is 135 Å². The van der Waals surface area contributed by atoms with Crippen LogP contribution in [-0.4, -0.2) is 51.8 Å². The predicted octanol–water partition coefficient (Wildman–Crippen LogP) is 1.42. The van der Waals surface area contributed by atoms with Crippen molar-refractivity contribution < 1.29 is 19.5 Å². The van der Waals surface area contributed by atoms with Gasteiger partial charge in [0.1, 0.15) is 12.1 Å². The van der Waals surface area contributed by atoms with E-state index in [-0.39, 0.29) is 11.8 Å². The highest BCUT2D eigenvalue weighted by molar-refractivity contribution is 5.92. The maximum Gasteiger partial charge on any atom is 0.326 e. The minimum Gasteiger partial charge on any atom is -0.480 e. The van der Waals surface area contributed by atoms with Crippen LogP contribution < -0.4 is 0 Å². The van der Waals surface area contributed by atoms with Crippen molar-refractivity contribution in [3.63, 3.8) is 0 Å². The Morgan fingerprint density at radius 3 is 2.52 bits per heavy atom. The molecular weight excluding hydrogens is 296 g/mol. The summed E-state index contributed by atoms with van der Waals surface area (Å²) in [6.07, 6.45) is 0.748. The minimum absolute atomic E-state index is 0.0692. The van der Waals surface area contributed by atoms with Crippen molar-refractivity contribution in [2.75, 3.05) is 7.05 Å². The van der Waals surface area contributed by atoms with Crippen LogP contribution in [0.2, 0.25) is 0 Å². The molecule has 1 aliphatic rings. The molecule has 0 saturated carbocycles. The highest BCUT2D eigenvalue weighted by atomic mass is 16.4. The van der Waals surface area contributed by atoms with E-state index in [1.807, 2.05) is 31.2 Å². The number of carboxylic acids is 1. The van der Waals surface area contributed by atoms with Gasteiger partial charge in [-0.25, -0.2) is 4.79 Å². The molecule has 124 valence electrons. The fourth-order valence-corrected chi connectivity index (χ4v) is 2.67. The zero-order valence-electron chi connectivity index (χ0n) is 13.7. The first-order chi connectivity index (χ1) is 10.8. The summed E-state index contributed by atoms with van der Waals surface area (Å²) in [6, 6.07) is 6.30. The molecule has 1 heterocycles. The van der Waals surface area contributed by atoms with Gasteiger partial charge in [0.15, 0.2) is 0 Å². The van der Waals surface area contributed by atoms with Crippen molar-refractivity contribution >= 4 is 17.8 Å². The third kappa shape index (κ3) is 3.70. The van der Waals surface area contributed by atoms with Gasteiger partial charge in [-0.3, -0.25) is 9.59 Å². The van der Waals surface area contributed by atoms with Crippen LogP contribution in [-0.2, 0) is 20.9 Å². The highest BCUT2D eigenvalue weighted by Crippen LogP contribution is 2.23. The summed E-state index contributed by atoms with van der Waals surface area (Å²) in [5, 5.41) is 9.05. The number of aryl methyl sites for hydroxylation is 1. The van der Waals surface area contributed by atoms with Gasteiger partial charge in [-0.1, -0.05) is 29.8 Å². The fourth-order valence-electron chi connectivity index (χ4n) is 2.67. The molecule has 0 aromatic heterocycles. The number of likely N-dealkylation sites (tertiary alicyclic amines) is 1. The predicted molar refractivity (Wildman–Crippen MR) is 84.6 cm³/mol. The molecule has 1 aliphatic heterocycles. The molecule has 2 rings (SSSR count). The Balaban J connectivity index is 2.14. The van der Waals surface area contributed by atoms with Gasteiger partial charge < -0.3 is 14.9 Å². The van der Waals surface area contributed by atoms with E-state index >= 15 is 0 Å². The first-order valence-electron chi connectivity index (χ1n) is 7.65. The SMILES string of the molecule is Cc1ccc(CN2C(=O)CCC2C(=O)N(C)C(C)C(=O)O)cc1. The average molecular weight is 318 g/mol. The number of benzene rings is 1. The number of carboxylic acid groups (broad SMARTS) is 1. The van der Waals surface area contributed by atoms with Crippen LogP contribution >= 0.6 is 0 Å². The molecule has 1 aromatic rings. The lowest BCUT2D eigenvalue weighted by Crippen LogP contribution is -2.49. The van der Waals surface area contributed by atoms with Crippen molar-refractivity contribution in [2.45, 2.75) is 45.3 Å². The first kappa shape index (κ1) is 17.0. The molecule has 1 aromatic carbocycles. The van der Waals surface area contributed by atoms with E-state index in [1.54, 1.807) is 4.90 Å². The maximum absolute atomic E-state index is 12.6. The van der Waals surface area contributed by atoms with Crippen LogP contribution in [0.3, 0.4) is 0 Å². The summed E-state index contributed by atoms with van der Waals surface area (Å²) >= 11 is 0. The molecule has 1 saturated heterocycles. The van der Waals surface area contributed by atoms with E-state index in [0.29, 0.717) is 19.4 Å². The molecule has 2 atom stereocenters. The molecule has 2 amide bonds. The zero-order chi connectivity index (χ0) is 17.1. The molecule has 0 radical (unpaired) electrons. The molecule has 6 heteroatoms. The number of hydrogen-bond donors (Lipinski definition) is 1. The number of nitrogens with zero attached hydrogens (tertiary/aromatic N) is 2. The Morgan fingerprint density at radius 1 is 1.35 bits per heavy atom. The zero-order valence-corrected chi connectivity index (χ0v) is 13.7. The van der Waals surface area contributed by atoms with Crippen molar-refractivity contribution in [3.8, 4) is 0 Å². The summed E-state index contributed by atoms with van der Waals surface area (Å²) in [5.74, 6) is -1.45. The largest absolute Gasteiger partial charge is 0.480 e. The van der Waals surface area contributed by atoms with Crippen molar-refractivity contribution in [1.82, 2.24) is 9.80 Å². The molecule has 1 N–H and O–H groups in total. The topological polar surface area (TPSA) is 77.9 Å². The third-order valence-electron chi connectivity index (χ3n) is 4.37. The highest BCUT2D eigenvalue weighted by Gasteiger charge is 2.39. The smallest absolute Gasteiger partial charge is 0.326 e. The van der Waals surface area contributed by atoms with Crippen molar-refractivity contribution in [1.29, 1.82) is 0 Å². The molecule has 23 heavy (non-hydrogen) atoms. The van der Waals surface area contributed by atoms with Crippen molar-refractivity contribution in [2.24, 2.45) is 0 Å². The van der Waals surface area contributed by atoms with Gasteiger partial charge in [-0.2, -0.15) is 0 Å². The molecule has 0 spiro atoms. The number of aliphatic carboxylic acids is 1. The Hall–Kier alpha value is -2.37. The van der Waals surface area contributed by atoms with Gasteiger partial charge >= 0.3 is 5.97 Å². The van der Waals surface area contributed by atoms with E-state index < -0.39 is 18.1 Å². The van der Waals surface area contributed by atoms with E-state index in [0.717, 1.165) is 11.1 Å². The molecule has 6 nitrogen and oxygen atoms in total. The summed E-state index contributed by atoms with van der Waals surface area (Å²) in [4.78, 5) is 38.5. The lowest BCUT2D eigenvalue weighted by Gasteiger charge is -2.30. The van der Waals surface area contributed by atoms with E-state index in [1.165, 1.54) is 18.9 Å². The van der Waals surface area contributed by atoms with Crippen molar-refractivity contribution in [3.05, 3.63) is 35.4 Å². The lowest BCUT2D eigenvalue weighted by atomic mass is 10.1. The van der Waals surface area contributed by atoms with Crippen LogP contribution in [0.5, 0.6) is 0 Å². The van der Waals surface area contributed by atoms with Crippen LogP contribution in [0.15, 0.2) is 24.3 Å². The summed E-state index contributed by atoms with van der Waals surface area (Å²) in [7, 11) is 1.47. The number of rotatable bonds is 5. The van der Waals surface area contributed by atoms with E-state index in [4.69, 9.17) is 5.11 Å². The summed E-state index contributed by atoms with van der Waals surface area (Å²) in [6.45, 7) is 3.81. The van der Waals surface area contributed by atoms with Gasteiger partial charge in [0.05, 0.1) is 0 Å². The normalized spacial score (nSPS) is 18.8. The summed E-state index contributed by atoms with van der Waals surface area (Å²) < 4.78 is 0. The van der Waals surface area contributed by atoms with Gasteiger partial charge in [0, 0.05) is 20.0 Å². The third-order valence-corrected chi connectivity index (χ3v) is 4.37. The van der Waals surface area contributed by atoms with Crippen LogP contribution in [0.1, 0.15) is 30.9 Å². The molecule has 1 fully saturated rings. The summed E-state index contributed by atoms with van der Waals surface area (Å²) in [5.41, 5.74) is 2.08. The Morgan fingerprint density at radius 2 is 1.96 bits per heavy atom. The number of carbonyl (C=O) groups excluding carboxylic acids is 2. The second kappa shape index (κ2) is 6.81.